The highest BCUT2D eigenvalue weighted by Gasteiger charge is 2.29. The summed E-state index contributed by atoms with van der Waals surface area (Å²) >= 11 is 0. The zero-order valence-electron chi connectivity index (χ0n) is 8.49. The number of oxime groups is 1. The summed E-state index contributed by atoms with van der Waals surface area (Å²) < 4.78 is 10.2. The van der Waals surface area contributed by atoms with Gasteiger partial charge in [-0.2, -0.15) is 0 Å². The first-order valence-electron chi connectivity index (χ1n) is 5.12. The molecule has 3 rings (SSSR count). The third-order valence-electron chi connectivity index (χ3n) is 2.61. The molecule has 0 radical (unpaired) electrons. The molecule has 1 unspecified atom stereocenters. The Labute approximate surface area is 90.4 Å². The summed E-state index contributed by atoms with van der Waals surface area (Å²) in [7, 11) is 0. The maximum atomic E-state index is 11.6. The standard InChI is InChI=1S/C9H11N3O4/c13-9-6(8-10-2-4-14-8)7(12-16-9)5-1-3-15-11-5/h8,10,12H,1-4H2. The largest absolute Gasteiger partial charge is 0.395 e. The lowest BCUT2D eigenvalue weighted by Gasteiger charge is -2.07. The van der Waals surface area contributed by atoms with Crippen LogP contribution in [0.5, 0.6) is 0 Å². The molecule has 2 aliphatic heterocycles. The van der Waals surface area contributed by atoms with Crippen LogP contribution < -0.4 is 10.9 Å². The van der Waals surface area contributed by atoms with Gasteiger partial charge in [-0.3, -0.25) is 5.32 Å². The molecule has 3 heterocycles. The number of aromatic amines is 1. The van der Waals surface area contributed by atoms with E-state index in [9.17, 15) is 4.79 Å². The van der Waals surface area contributed by atoms with E-state index in [2.05, 4.69) is 15.6 Å². The zero-order chi connectivity index (χ0) is 11.0. The number of rotatable bonds is 2. The summed E-state index contributed by atoms with van der Waals surface area (Å²) in [6.45, 7) is 1.83. The summed E-state index contributed by atoms with van der Waals surface area (Å²) in [5.41, 5.74) is 1.28. The van der Waals surface area contributed by atoms with Crippen molar-refractivity contribution in [2.24, 2.45) is 5.16 Å². The molecule has 2 N–H and O–H groups in total. The molecular formula is C9H11N3O4. The third-order valence-corrected chi connectivity index (χ3v) is 2.61. The highest BCUT2D eigenvalue weighted by atomic mass is 16.6. The fourth-order valence-corrected chi connectivity index (χ4v) is 1.86. The minimum absolute atomic E-state index is 0.416. The van der Waals surface area contributed by atoms with Gasteiger partial charge < -0.3 is 14.1 Å². The van der Waals surface area contributed by atoms with Crippen LogP contribution in [0, 0.1) is 0 Å². The molecule has 1 atom stereocenters. The van der Waals surface area contributed by atoms with Gasteiger partial charge in [0.2, 0.25) is 0 Å². The van der Waals surface area contributed by atoms with E-state index in [1.807, 2.05) is 0 Å². The van der Waals surface area contributed by atoms with Gasteiger partial charge in [0, 0.05) is 13.0 Å². The molecule has 1 saturated heterocycles. The molecule has 16 heavy (non-hydrogen) atoms. The first-order valence-corrected chi connectivity index (χ1v) is 5.12. The molecule has 0 spiro atoms. The summed E-state index contributed by atoms with van der Waals surface area (Å²) in [5.74, 6) is 0. The second-order valence-electron chi connectivity index (χ2n) is 3.61. The number of ether oxygens (including phenoxy) is 1. The van der Waals surface area contributed by atoms with E-state index in [1.165, 1.54) is 0 Å². The minimum atomic E-state index is -0.427. The molecule has 86 valence electrons. The van der Waals surface area contributed by atoms with Gasteiger partial charge in [0.25, 0.3) is 0 Å². The second-order valence-corrected chi connectivity index (χ2v) is 3.61. The van der Waals surface area contributed by atoms with E-state index in [1.54, 1.807) is 0 Å². The van der Waals surface area contributed by atoms with Crippen LogP contribution in [0.3, 0.4) is 0 Å². The Kier molecular flexibility index (Phi) is 2.26. The fraction of sp³-hybridized carbons (Fsp3) is 0.556. The number of nitrogens with one attached hydrogen (secondary N) is 2. The molecule has 0 aromatic carbocycles. The van der Waals surface area contributed by atoms with E-state index < -0.39 is 11.9 Å². The highest BCUT2D eigenvalue weighted by Crippen LogP contribution is 2.20. The predicted octanol–water partition coefficient (Wildman–Crippen LogP) is -0.289. The first-order chi connectivity index (χ1) is 7.86. The molecule has 2 aliphatic rings. The van der Waals surface area contributed by atoms with Gasteiger partial charge in [0.05, 0.1) is 6.61 Å². The molecule has 1 fully saturated rings. The van der Waals surface area contributed by atoms with Crippen molar-refractivity contribution in [1.29, 1.82) is 0 Å². The SMILES string of the molecule is O=c1o[nH]c(C2=NOCC2)c1C1NCCO1. The smallest absolute Gasteiger partial charge is 0.365 e. The Morgan fingerprint density at radius 2 is 2.31 bits per heavy atom. The lowest BCUT2D eigenvalue weighted by Crippen LogP contribution is -2.21. The van der Waals surface area contributed by atoms with Crippen molar-refractivity contribution in [2.45, 2.75) is 12.6 Å². The van der Waals surface area contributed by atoms with Crippen LogP contribution in [-0.4, -0.2) is 30.6 Å². The van der Waals surface area contributed by atoms with Crippen LogP contribution in [0.1, 0.15) is 23.9 Å². The Bertz CT molecular complexity index is 469. The van der Waals surface area contributed by atoms with E-state index >= 15 is 0 Å². The molecule has 0 saturated carbocycles. The van der Waals surface area contributed by atoms with Crippen LogP contribution in [-0.2, 0) is 9.57 Å². The van der Waals surface area contributed by atoms with Crippen LogP contribution >= 0.6 is 0 Å². The molecular weight excluding hydrogens is 214 g/mol. The van der Waals surface area contributed by atoms with Crippen molar-refractivity contribution in [3.8, 4) is 0 Å². The second kappa shape index (κ2) is 3.76. The van der Waals surface area contributed by atoms with Crippen molar-refractivity contribution < 1.29 is 14.1 Å². The van der Waals surface area contributed by atoms with Crippen molar-refractivity contribution in [3.63, 3.8) is 0 Å². The molecule has 0 bridgehead atoms. The molecule has 0 aliphatic carbocycles. The number of H-pyrrole nitrogens is 1. The van der Waals surface area contributed by atoms with Crippen LogP contribution in [0.15, 0.2) is 14.5 Å². The Balaban J connectivity index is 2.01. The van der Waals surface area contributed by atoms with Crippen LogP contribution in [0.2, 0.25) is 0 Å². The summed E-state index contributed by atoms with van der Waals surface area (Å²) in [5, 5.41) is 9.49. The monoisotopic (exact) mass is 225 g/mol. The zero-order valence-corrected chi connectivity index (χ0v) is 8.49. The summed E-state index contributed by atoms with van der Waals surface area (Å²) in [4.78, 5) is 16.5. The van der Waals surface area contributed by atoms with Crippen molar-refractivity contribution >= 4 is 5.71 Å². The van der Waals surface area contributed by atoms with E-state index in [-0.39, 0.29) is 0 Å². The predicted molar refractivity (Wildman–Crippen MR) is 53.1 cm³/mol. The normalized spacial score (nSPS) is 24.5. The minimum Gasteiger partial charge on any atom is -0.395 e. The Morgan fingerprint density at radius 1 is 1.38 bits per heavy atom. The Morgan fingerprint density at radius 3 is 3.00 bits per heavy atom. The quantitative estimate of drug-likeness (QED) is 0.722. The van der Waals surface area contributed by atoms with Gasteiger partial charge in [0.15, 0.2) is 0 Å². The molecule has 1 aromatic heterocycles. The fourth-order valence-electron chi connectivity index (χ4n) is 1.86. The summed E-state index contributed by atoms with van der Waals surface area (Å²) in [6, 6.07) is 0. The maximum Gasteiger partial charge on any atom is 0.365 e. The van der Waals surface area contributed by atoms with Crippen LogP contribution in [0.4, 0.5) is 0 Å². The number of aromatic nitrogens is 1. The molecule has 0 amide bonds. The van der Waals surface area contributed by atoms with Gasteiger partial charge in [-0.1, -0.05) is 5.16 Å². The molecule has 7 nitrogen and oxygen atoms in total. The average Bonchev–Trinajstić information content (AvgIpc) is 2.96. The number of nitrogens with zero attached hydrogens (tertiary/aromatic N) is 1. The number of hydrogen-bond donors (Lipinski definition) is 2. The average molecular weight is 225 g/mol. The van der Waals surface area contributed by atoms with Crippen LogP contribution in [0.25, 0.3) is 0 Å². The van der Waals surface area contributed by atoms with Gasteiger partial charge in [-0.05, 0) is 0 Å². The van der Waals surface area contributed by atoms with E-state index in [0.717, 1.165) is 6.54 Å². The molecule has 1 aromatic rings. The Hall–Kier alpha value is -1.60. The van der Waals surface area contributed by atoms with E-state index in [4.69, 9.17) is 14.1 Å². The van der Waals surface area contributed by atoms with Crippen molar-refractivity contribution in [2.75, 3.05) is 19.8 Å². The van der Waals surface area contributed by atoms with Gasteiger partial charge in [0.1, 0.15) is 29.8 Å². The highest BCUT2D eigenvalue weighted by molar-refractivity contribution is 6.00. The van der Waals surface area contributed by atoms with Crippen molar-refractivity contribution in [1.82, 2.24) is 10.5 Å². The third kappa shape index (κ3) is 1.44. The maximum absolute atomic E-state index is 11.6. The van der Waals surface area contributed by atoms with E-state index in [0.29, 0.717) is 36.6 Å². The topological polar surface area (TPSA) is 88.9 Å². The molecule has 7 heteroatoms. The lowest BCUT2D eigenvalue weighted by molar-refractivity contribution is 0.100. The lowest BCUT2D eigenvalue weighted by atomic mass is 10.1. The van der Waals surface area contributed by atoms with Gasteiger partial charge >= 0.3 is 5.63 Å². The van der Waals surface area contributed by atoms with Gasteiger partial charge in [-0.25, -0.2) is 9.95 Å². The number of hydrogen-bond acceptors (Lipinski definition) is 6. The van der Waals surface area contributed by atoms with Crippen molar-refractivity contribution in [3.05, 3.63) is 21.7 Å². The van der Waals surface area contributed by atoms with Gasteiger partial charge in [-0.15, -0.1) is 0 Å². The first kappa shape index (κ1) is 9.61. The summed E-state index contributed by atoms with van der Waals surface area (Å²) in [6.07, 6.45) is 0.246.